The molecule has 0 aliphatic rings. The third-order valence-electron chi connectivity index (χ3n) is 2.57. The molecule has 4 nitrogen and oxygen atoms in total. The van der Waals surface area contributed by atoms with Crippen molar-refractivity contribution in [2.24, 2.45) is 0 Å². The number of halogens is 1. The smallest absolute Gasteiger partial charge is 0.318 e. The highest BCUT2D eigenvalue weighted by Crippen LogP contribution is 2.28. The minimum absolute atomic E-state index is 0.0621. The number of carboxylic acids is 1. The van der Waals surface area contributed by atoms with Crippen molar-refractivity contribution >= 4 is 21.9 Å². The Morgan fingerprint density at radius 1 is 1.35 bits per heavy atom. The molecule has 0 aliphatic heterocycles. The number of rotatable bonds is 6. The van der Waals surface area contributed by atoms with E-state index in [1.807, 2.05) is 6.07 Å². The fourth-order valence-corrected chi connectivity index (χ4v) is 2.13. The first-order valence-electron chi connectivity index (χ1n) is 5.04. The average molecular weight is 303 g/mol. The Morgan fingerprint density at radius 3 is 2.35 bits per heavy atom. The highest BCUT2D eigenvalue weighted by Gasteiger charge is 2.41. The van der Waals surface area contributed by atoms with E-state index in [4.69, 9.17) is 9.47 Å². The minimum atomic E-state index is -1.17. The first-order chi connectivity index (χ1) is 8.06. The van der Waals surface area contributed by atoms with Gasteiger partial charge in [-0.1, -0.05) is 28.1 Å². The van der Waals surface area contributed by atoms with Crippen molar-refractivity contribution in [1.29, 1.82) is 0 Å². The van der Waals surface area contributed by atoms with Crippen LogP contribution in [0, 0.1) is 0 Å². The van der Waals surface area contributed by atoms with E-state index in [0.29, 0.717) is 5.56 Å². The molecule has 0 saturated heterocycles. The van der Waals surface area contributed by atoms with E-state index in [-0.39, 0.29) is 13.2 Å². The topological polar surface area (TPSA) is 55.8 Å². The molecule has 0 saturated carbocycles. The summed E-state index contributed by atoms with van der Waals surface area (Å²) in [6.45, 7) is 0.124. The lowest BCUT2D eigenvalue weighted by molar-refractivity contribution is -0.148. The van der Waals surface area contributed by atoms with Crippen molar-refractivity contribution in [3.63, 3.8) is 0 Å². The molecule has 0 aliphatic carbocycles. The summed E-state index contributed by atoms with van der Waals surface area (Å²) in [5, 5.41) is 9.45. The maximum atomic E-state index is 11.5. The summed E-state index contributed by atoms with van der Waals surface area (Å²) in [6.07, 6.45) is 0. The Labute approximate surface area is 109 Å². The van der Waals surface area contributed by atoms with Gasteiger partial charge in [-0.15, -0.1) is 0 Å². The molecule has 1 aromatic rings. The Kier molecular flexibility index (Phi) is 5.11. The van der Waals surface area contributed by atoms with Gasteiger partial charge in [0.15, 0.2) is 0 Å². The molecule has 0 radical (unpaired) electrons. The summed E-state index contributed by atoms with van der Waals surface area (Å²) < 4.78 is 10.9. The molecule has 1 aromatic carbocycles. The molecule has 0 bridgehead atoms. The Morgan fingerprint density at radius 2 is 1.94 bits per heavy atom. The quantitative estimate of drug-likeness (QED) is 0.874. The standard InChI is InChI=1S/C12H15BrO4/c1-16-7-12(8-17-2,11(14)15)9-4-3-5-10(13)6-9/h3-6H,7-8H2,1-2H3,(H,14,15). The van der Waals surface area contributed by atoms with Crippen LogP contribution in [0.1, 0.15) is 5.56 Å². The predicted molar refractivity (Wildman–Crippen MR) is 67.2 cm³/mol. The molecule has 5 heteroatoms. The number of carbonyl (C=O) groups is 1. The van der Waals surface area contributed by atoms with Crippen molar-refractivity contribution in [2.45, 2.75) is 5.41 Å². The van der Waals surface area contributed by atoms with Crippen LogP contribution in [0.25, 0.3) is 0 Å². The van der Waals surface area contributed by atoms with Crippen LogP contribution in [0.4, 0.5) is 0 Å². The predicted octanol–water partition coefficient (Wildman–Crippen LogP) is 2.06. The molecular weight excluding hydrogens is 288 g/mol. The van der Waals surface area contributed by atoms with Crippen molar-refractivity contribution in [1.82, 2.24) is 0 Å². The monoisotopic (exact) mass is 302 g/mol. The lowest BCUT2D eigenvalue weighted by Crippen LogP contribution is -2.44. The van der Waals surface area contributed by atoms with Gasteiger partial charge in [0.2, 0.25) is 0 Å². The van der Waals surface area contributed by atoms with Crippen molar-refractivity contribution in [3.8, 4) is 0 Å². The second-order valence-corrected chi connectivity index (χ2v) is 4.68. The van der Waals surface area contributed by atoms with Crippen LogP contribution in [0.3, 0.4) is 0 Å². The molecule has 1 rings (SSSR count). The summed E-state index contributed by atoms with van der Waals surface area (Å²) in [6, 6.07) is 7.17. The molecule has 0 fully saturated rings. The number of benzene rings is 1. The van der Waals surface area contributed by atoms with Gasteiger partial charge in [0.05, 0.1) is 13.2 Å². The zero-order valence-electron chi connectivity index (χ0n) is 9.77. The van der Waals surface area contributed by atoms with Crippen LogP contribution in [0.15, 0.2) is 28.7 Å². The van der Waals surface area contributed by atoms with Gasteiger partial charge >= 0.3 is 5.97 Å². The van der Waals surface area contributed by atoms with Gasteiger partial charge in [0, 0.05) is 18.7 Å². The van der Waals surface area contributed by atoms with Crippen molar-refractivity contribution < 1.29 is 19.4 Å². The maximum Gasteiger partial charge on any atom is 0.318 e. The van der Waals surface area contributed by atoms with E-state index in [1.165, 1.54) is 14.2 Å². The Bertz CT molecular complexity index is 386. The van der Waals surface area contributed by atoms with Crippen LogP contribution in [0.2, 0.25) is 0 Å². The van der Waals surface area contributed by atoms with E-state index in [0.717, 1.165) is 4.47 Å². The normalized spacial score (nSPS) is 11.5. The number of hydrogen-bond acceptors (Lipinski definition) is 3. The molecule has 94 valence electrons. The average Bonchev–Trinajstić information content (AvgIpc) is 2.28. The molecule has 0 atom stereocenters. The SMILES string of the molecule is COCC(COC)(C(=O)O)c1cccc(Br)c1. The summed E-state index contributed by atoms with van der Waals surface area (Å²) in [5.41, 5.74) is -0.518. The molecule has 1 N–H and O–H groups in total. The summed E-state index contributed by atoms with van der Waals surface area (Å²) in [7, 11) is 2.96. The number of methoxy groups -OCH3 is 2. The first-order valence-corrected chi connectivity index (χ1v) is 5.83. The fraction of sp³-hybridized carbons (Fsp3) is 0.417. The fourth-order valence-electron chi connectivity index (χ4n) is 1.73. The van der Waals surface area contributed by atoms with Gasteiger partial charge in [-0.2, -0.15) is 0 Å². The molecule has 0 heterocycles. The molecule has 17 heavy (non-hydrogen) atoms. The van der Waals surface area contributed by atoms with E-state index in [2.05, 4.69) is 15.9 Å². The lowest BCUT2D eigenvalue weighted by Gasteiger charge is -2.28. The molecule has 0 spiro atoms. The Balaban J connectivity index is 3.24. The van der Waals surface area contributed by atoms with Gasteiger partial charge in [-0.05, 0) is 17.7 Å². The highest BCUT2D eigenvalue weighted by molar-refractivity contribution is 9.10. The largest absolute Gasteiger partial charge is 0.480 e. The maximum absolute atomic E-state index is 11.5. The van der Waals surface area contributed by atoms with Crippen LogP contribution in [-0.2, 0) is 19.7 Å². The van der Waals surface area contributed by atoms with E-state index >= 15 is 0 Å². The second kappa shape index (κ2) is 6.14. The minimum Gasteiger partial charge on any atom is -0.480 e. The zero-order chi connectivity index (χ0) is 12.9. The lowest BCUT2D eigenvalue weighted by atomic mass is 9.82. The Hall–Kier alpha value is -0.910. The second-order valence-electron chi connectivity index (χ2n) is 3.76. The zero-order valence-corrected chi connectivity index (χ0v) is 11.4. The molecule has 0 amide bonds. The summed E-state index contributed by atoms with van der Waals surface area (Å²) in [5.74, 6) is -0.959. The summed E-state index contributed by atoms with van der Waals surface area (Å²) >= 11 is 3.33. The van der Waals surface area contributed by atoms with Crippen LogP contribution in [0.5, 0.6) is 0 Å². The number of aliphatic carboxylic acids is 1. The third-order valence-corrected chi connectivity index (χ3v) is 3.06. The van der Waals surface area contributed by atoms with Crippen molar-refractivity contribution in [2.75, 3.05) is 27.4 Å². The molecule has 0 aromatic heterocycles. The van der Waals surface area contributed by atoms with Gasteiger partial charge < -0.3 is 14.6 Å². The first kappa shape index (κ1) is 14.2. The van der Waals surface area contributed by atoms with E-state index < -0.39 is 11.4 Å². The molecular formula is C12H15BrO4. The highest BCUT2D eigenvalue weighted by atomic mass is 79.9. The van der Waals surface area contributed by atoms with Crippen molar-refractivity contribution in [3.05, 3.63) is 34.3 Å². The van der Waals surface area contributed by atoms with Gasteiger partial charge in [0.25, 0.3) is 0 Å². The van der Waals surface area contributed by atoms with Crippen LogP contribution < -0.4 is 0 Å². The van der Waals surface area contributed by atoms with Gasteiger partial charge in [-0.25, -0.2) is 0 Å². The van der Waals surface area contributed by atoms with Gasteiger partial charge in [0.1, 0.15) is 5.41 Å². The summed E-state index contributed by atoms with van der Waals surface area (Å²) in [4.78, 5) is 11.5. The number of carboxylic acid groups (broad SMARTS) is 1. The third kappa shape index (κ3) is 3.06. The number of hydrogen-bond donors (Lipinski definition) is 1. The number of ether oxygens (including phenoxy) is 2. The van der Waals surface area contributed by atoms with Crippen LogP contribution >= 0.6 is 15.9 Å². The molecule has 0 unspecified atom stereocenters. The van der Waals surface area contributed by atoms with Crippen LogP contribution in [-0.4, -0.2) is 38.5 Å². The van der Waals surface area contributed by atoms with E-state index in [9.17, 15) is 9.90 Å². The van der Waals surface area contributed by atoms with E-state index in [1.54, 1.807) is 18.2 Å². The van der Waals surface area contributed by atoms with Gasteiger partial charge in [-0.3, -0.25) is 4.79 Å².